The topological polar surface area (TPSA) is 116 Å². The van der Waals surface area contributed by atoms with Crippen molar-refractivity contribution in [2.75, 3.05) is 12.4 Å². The van der Waals surface area contributed by atoms with Crippen molar-refractivity contribution in [1.82, 2.24) is 14.8 Å². The Balaban J connectivity index is 1.39. The van der Waals surface area contributed by atoms with Crippen LogP contribution in [0, 0.1) is 6.92 Å². The lowest BCUT2D eigenvalue weighted by Crippen LogP contribution is -2.34. The number of aromatic nitrogens is 2. The van der Waals surface area contributed by atoms with Gasteiger partial charge >= 0.3 is 11.8 Å². The fraction of sp³-hybridized carbons (Fsp3) is 0.143. The van der Waals surface area contributed by atoms with E-state index in [-0.39, 0.29) is 12.3 Å². The maximum atomic E-state index is 12.9. The Bertz CT molecular complexity index is 1650. The summed E-state index contributed by atoms with van der Waals surface area (Å²) in [4.78, 5) is 37.8. The average molecular weight is 582 g/mol. The molecule has 0 radical (unpaired) electrons. The lowest BCUT2D eigenvalue weighted by molar-refractivity contribution is -0.136. The monoisotopic (exact) mass is 581 g/mol. The smallest absolute Gasteiger partial charge is 0.329 e. The summed E-state index contributed by atoms with van der Waals surface area (Å²) in [5.41, 5.74) is 4.10. The highest BCUT2D eigenvalue weighted by molar-refractivity contribution is 6.39. The first-order valence-corrected chi connectivity index (χ1v) is 12.7. The van der Waals surface area contributed by atoms with E-state index in [1.165, 1.54) is 18.0 Å². The van der Waals surface area contributed by atoms with Crippen molar-refractivity contribution in [3.63, 3.8) is 0 Å². The standard InChI is InChI=1S/C28H25Cl2N5O5/c1-17-25(28(38)35(34(17)2)21-7-5-4-6-8-21)32-26(36)27(37)33-31-15-18-9-12-23(24(13-18)39-3)40-16-19-10-11-20(29)14-22(19)30/h4-15H,16H2,1-3H3,(H,32,36)(H,33,37). The van der Waals surface area contributed by atoms with E-state index in [9.17, 15) is 14.4 Å². The first-order valence-electron chi connectivity index (χ1n) is 11.9. The minimum Gasteiger partial charge on any atom is -0.493 e. The van der Waals surface area contributed by atoms with Crippen LogP contribution in [-0.4, -0.2) is 34.5 Å². The molecule has 1 aromatic heterocycles. The van der Waals surface area contributed by atoms with Crippen molar-refractivity contribution in [3.05, 3.63) is 104 Å². The molecule has 1 heterocycles. The van der Waals surface area contributed by atoms with Crippen molar-refractivity contribution in [2.45, 2.75) is 13.5 Å². The molecule has 4 aromatic rings. The number of carbonyl (C=O) groups is 2. The van der Waals surface area contributed by atoms with Crippen LogP contribution in [0.25, 0.3) is 5.69 Å². The highest BCUT2D eigenvalue weighted by Gasteiger charge is 2.21. The summed E-state index contributed by atoms with van der Waals surface area (Å²) >= 11 is 12.1. The van der Waals surface area contributed by atoms with E-state index in [4.69, 9.17) is 32.7 Å². The zero-order chi connectivity index (χ0) is 28.8. The molecule has 0 unspecified atom stereocenters. The SMILES string of the molecule is COc1cc(C=NNC(=O)C(=O)Nc2c(C)n(C)n(-c3ccccc3)c2=O)ccc1OCc1ccc(Cl)cc1Cl. The number of rotatable bonds is 8. The number of ether oxygens (including phenoxy) is 2. The third-order valence-corrected chi connectivity index (χ3v) is 6.55. The first-order chi connectivity index (χ1) is 19.2. The number of carbonyl (C=O) groups excluding carboxylic acids is 2. The van der Waals surface area contributed by atoms with E-state index in [0.717, 1.165) is 5.56 Å². The van der Waals surface area contributed by atoms with Crippen LogP contribution in [0.2, 0.25) is 10.0 Å². The molecule has 0 atom stereocenters. The normalized spacial score (nSPS) is 10.9. The average Bonchev–Trinajstić information content (AvgIpc) is 3.16. The predicted octanol–water partition coefficient (Wildman–Crippen LogP) is 4.47. The summed E-state index contributed by atoms with van der Waals surface area (Å²) in [6.45, 7) is 1.86. The Morgan fingerprint density at radius 3 is 2.45 bits per heavy atom. The van der Waals surface area contributed by atoms with Crippen LogP contribution in [0.5, 0.6) is 11.5 Å². The van der Waals surface area contributed by atoms with E-state index in [1.807, 2.05) is 6.07 Å². The van der Waals surface area contributed by atoms with Gasteiger partial charge in [-0.25, -0.2) is 10.1 Å². The predicted molar refractivity (Wildman–Crippen MR) is 154 cm³/mol. The molecular weight excluding hydrogens is 557 g/mol. The second kappa shape index (κ2) is 12.5. The molecule has 0 fully saturated rings. The van der Waals surface area contributed by atoms with Crippen LogP contribution in [0.3, 0.4) is 0 Å². The van der Waals surface area contributed by atoms with E-state index < -0.39 is 17.4 Å². The molecule has 10 nitrogen and oxygen atoms in total. The molecule has 0 aliphatic rings. The summed E-state index contributed by atoms with van der Waals surface area (Å²) in [6, 6.07) is 19.1. The fourth-order valence-corrected chi connectivity index (χ4v) is 4.24. The molecule has 0 aliphatic heterocycles. The van der Waals surface area contributed by atoms with Crippen molar-refractivity contribution in [1.29, 1.82) is 0 Å². The third-order valence-electron chi connectivity index (χ3n) is 5.96. The van der Waals surface area contributed by atoms with Gasteiger partial charge in [-0.3, -0.25) is 19.1 Å². The van der Waals surface area contributed by atoms with Crippen molar-refractivity contribution in [2.24, 2.45) is 12.1 Å². The van der Waals surface area contributed by atoms with Crippen molar-refractivity contribution >= 4 is 46.9 Å². The summed E-state index contributed by atoms with van der Waals surface area (Å²) < 4.78 is 14.2. The van der Waals surface area contributed by atoms with Crippen LogP contribution in [-0.2, 0) is 23.2 Å². The third kappa shape index (κ3) is 6.36. The number of para-hydroxylation sites is 1. The number of nitrogens with one attached hydrogen (secondary N) is 2. The minimum absolute atomic E-state index is 0.00399. The van der Waals surface area contributed by atoms with Gasteiger partial charge in [-0.15, -0.1) is 0 Å². The highest BCUT2D eigenvalue weighted by atomic mass is 35.5. The molecule has 0 saturated carbocycles. The van der Waals surface area contributed by atoms with Crippen LogP contribution in [0.1, 0.15) is 16.8 Å². The Morgan fingerprint density at radius 2 is 1.75 bits per heavy atom. The molecule has 0 saturated heterocycles. The number of anilines is 1. The van der Waals surface area contributed by atoms with Gasteiger partial charge in [-0.05, 0) is 55.0 Å². The van der Waals surface area contributed by atoms with Gasteiger partial charge in [0.1, 0.15) is 12.3 Å². The van der Waals surface area contributed by atoms with E-state index in [0.29, 0.717) is 38.5 Å². The molecule has 0 aliphatic carbocycles. The van der Waals surface area contributed by atoms with Crippen molar-refractivity contribution in [3.8, 4) is 17.2 Å². The second-order valence-corrected chi connectivity index (χ2v) is 9.37. The number of methoxy groups -OCH3 is 1. The summed E-state index contributed by atoms with van der Waals surface area (Å²) in [5, 5.41) is 7.24. The maximum Gasteiger partial charge on any atom is 0.329 e. The lowest BCUT2D eigenvalue weighted by Gasteiger charge is -2.12. The maximum absolute atomic E-state index is 12.9. The Kier molecular flexibility index (Phi) is 8.93. The molecule has 12 heteroatoms. The van der Waals surface area contributed by atoms with Crippen LogP contribution in [0.4, 0.5) is 5.69 Å². The summed E-state index contributed by atoms with van der Waals surface area (Å²) in [7, 11) is 3.17. The van der Waals surface area contributed by atoms with Gasteiger partial charge in [-0.2, -0.15) is 5.10 Å². The lowest BCUT2D eigenvalue weighted by atomic mass is 10.2. The molecule has 40 heavy (non-hydrogen) atoms. The Hall–Kier alpha value is -4.54. The molecule has 2 amide bonds. The van der Waals surface area contributed by atoms with Crippen LogP contribution in [0.15, 0.2) is 76.6 Å². The largest absolute Gasteiger partial charge is 0.493 e. The van der Waals surface area contributed by atoms with Gasteiger partial charge in [-0.1, -0.05) is 47.5 Å². The Labute approximate surface area is 239 Å². The number of hydrazone groups is 1. The number of benzene rings is 3. The number of hydrogen-bond donors (Lipinski definition) is 2. The molecule has 3 aromatic carbocycles. The molecular formula is C28H25Cl2N5O5. The van der Waals surface area contributed by atoms with Gasteiger partial charge in [0, 0.05) is 22.7 Å². The van der Waals surface area contributed by atoms with Gasteiger partial charge in [0.2, 0.25) is 0 Å². The zero-order valence-electron chi connectivity index (χ0n) is 21.8. The summed E-state index contributed by atoms with van der Waals surface area (Å²) in [5.74, 6) is -1.19. The molecule has 206 valence electrons. The fourth-order valence-electron chi connectivity index (χ4n) is 3.78. The molecule has 0 spiro atoms. The second-order valence-electron chi connectivity index (χ2n) is 8.52. The quantitative estimate of drug-likeness (QED) is 0.181. The van der Waals surface area contributed by atoms with Crippen molar-refractivity contribution < 1.29 is 19.1 Å². The van der Waals surface area contributed by atoms with Gasteiger partial charge < -0.3 is 14.8 Å². The number of halogens is 2. The van der Waals surface area contributed by atoms with E-state index >= 15 is 0 Å². The van der Waals surface area contributed by atoms with Gasteiger partial charge in [0.15, 0.2) is 11.5 Å². The molecule has 2 N–H and O–H groups in total. The first kappa shape index (κ1) is 28.5. The number of nitrogens with zero attached hydrogens (tertiary/aromatic N) is 3. The van der Waals surface area contributed by atoms with E-state index in [2.05, 4.69) is 15.8 Å². The molecule has 4 rings (SSSR count). The van der Waals surface area contributed by atoms with Crippen LogP contribution >= 0.6 is 23.2 Å². The summed E-state index contributed by atoms with van der Waals surface area (Å²) in [6.07, 6.45) is 1.34. The minimum atomic E-state index is -1.04. The highest BCUT2D eigenvalue weighted by Crippen LogP contribution is 2.30. The number of hydrogen-bond acceptors (Lipinski definition) is 6. The number of amides is 2. The van der Waals surface area contributed by atoms with E-state index in [1.54, 1.807) is 79.3 Å². The zero-order valence-corrected chi connectivity index (χ0v) is 23.3. The Morgan fingerprint density at radius 1 is 1.00 bits per heavy atom. The van der Waals surface area contributed by atoms with Gasteiger partial charge in [0.25, 0.3) is 5.56 Å². The van der Waals surface area contributed by atoms with Gasteiger partial charge in [0.05, 0.1) is 24.7 Å². The molecule has 0 bridgehead atoms. The van der Waals surface area contributed by atoms with Crippen LogP contribution < -0.4 is 25.8 Å².